The van der Waals surface area contributed by atoms with Gasteiger partial charge in [-0.2, -0.15) is 0 Å². The van der Waals surface area contributed by atoms with E-state index < -0.39 is 0 Å². The predicted molar refractivity (Wildman–Crippen MR) is 181 cm³/mol. The summed E-state index contributed by atoms with van der Waals surface area (Å²) in [6.45, 7) is 9.14. The van der Waals surface area contributed by atoms with E-state index in [1.807, 2.05) is 0 Å². The third-order valence-corrected chi connectivity index (χ3v) is 11.2. The minimum Gasteiger partial charge on any atom is -0.507 e. The molecule has 0 heterocycles. The van der Waals surface area contributed by atoms with Crippen LogP contribution in [0.4, 0.5) is 0 Å². The topological polar surface area (TPSA) is 40.5 Å². The van der Waals surface area contributed by atoms with Gasteiger partial charge in [0.15, 0.2) is 0 Å². The first-order valence-electron chi connectivity index (χ1n) is 17.0. The minimum absolute atomic E-state index is 0.0420. The van der Waals surface area contributed by atoms with Crippen molar-refractivity contribution in [1.29, 1.82) is 0 Å². The molecule has 0 radical (unpaired) electrons. The quantitative estimate of drug-likeness (QED) is 0.216. The van der Waals surface area contributed by atoms with Gasteiger partial charge in [0.25, 0.3) is 0 Å². The Kier molecular flexibility index (Phi) is 8.33. The molecule has 0 aromatic heterocycles. The molecule has 43 heavy (non-hydrogen) atoms. The molecule has 4 aromatic rings. The maximum atomic E-state index is 12.4. The Balaban J connectivity index is 1.67. The number of aryl methyl sites for hydroxylation is 2. The van der Waals surface area contributed by atoms with Gasteiger partial charge >= 0.3 is 0 Å². The highest BCUT2D eigenvalue weighted by Crippen LogP contribution is 2.52. The Bertz CT molecular complexity index is 1510. The van der Waals surface area contributed by atoms with Gasteiger partial charge in [-0.1, -0.05) is 133 Å². The zero-order chi connectivity index (χ0) is 30.2. The molecule has 0 atom stereocenters. The van der Waals surface area contributed by atoms with Crippen molar-refractivity contribution in [3.05, 3.63) is 106 Å². The lowest BCUT2D eigenvalue weighted by Crippen LogP contribution is -2.26. The zero-order valence-electron chi connectivity index (χ0n) is 26.8. The number of fused-ring (bicyclic) bond motifs is 1. The molecule has 2 fully saturated rings. The second-order valence-electron chi connectivity index (χ2n) is 14.1. The van der Waals surface area contributed by atoms with E-state index in [4.69, 9.17) is 0 Å². The summed E-state index contributed by atoms with van der Waals surface area (Å²) in [5, 5.41) is 27.1. The summed E-state index contributed by atoms with van der Waals surface area (Å²) in [4.78, 5) is 0. The lowest BCUT2D eigenvalue weighted by molar-refractivity contribution is 0.306. The first-order chi connectivity index (χ1) is 20.8. The van der Waals surface area contributed by atoms with Crippen molar-refractivity contribution in [2.45, 2.75) is 121 Å². The molecule has 4 aromatic carbocycles. The van der Waals surface area contributed by atoms with Crippen LogP contribution in [0.2, 0.25) is 0 Å². The molecule has 6 rings (SSSR count). The van der Waals surface area contributed by atoms with Crippen LogP contribution < -0.4 is 0 Å². The van der Waals surface area contributed by atoms with E-state index >= 15 is 0 Å². The summed E-state index contributed by atoms with van der Waals surface area (Å²) >= 11 is 0. The smallest absolute Gasteiger partial charge is 0.123 e. The fourth-order valence-corrected chi connectivity index (χ4v) is 8.41. The number of aromatic hydroxyl groups is 2. The normalized spacial score (nSPS) is 18.3. The fourth-order valence-electron chi connectivity index (χ4n) is 8.41. The predicted octanol–water partition coefficient (Wildman–Crippen LogP) is 11.0. The molecule has 2 nitrogen and oxygen atoms in total. The fraction of sp³-hybridized carbons (Fsp3) is 0.463. The molecule has 2 aliphatic rings. The third kappa shape index (κ3) is 5.47. The highest BCUT2D eigenvalue weighted by Gasteiger charge is 2.37. The first kappa shape index (κ1) is 29.8. The monoisotopic (exact) mass is 574 g/mol. The Morgan fingerprint density at radius 2 is 1.05 bits per heavy atom. The summed E-state index contributed by atoms with van der Waals surface area (Å²) < 4.78 is 0. The Morgan fingerprint density at radius 1 is 0.581 bits per heavy atom. The summed E-state index contributed by atoms with van der Waals surface area (Å²) in [5.74, 6) is 0.554. The standard InChI is InChI=1S/C41H50O2/c1-5-28-24-33(38(42)35(26-28)40(3)20-11-7-12-21-40)37(32-19-15-17-30-16-9-10-18-31(30)32)34-25-29(6-2)27-36(39(34)43)41(4)22-13-8-14-23-41/h9-10,15-19,24-27,37,42-43H,5-8,11-14,20-23H2,1-4H3. The maximum absolute atomic E-state index is 12.4. The number of phenols is 2. The SMILES string of the molecule is CCc1cc(C(c2cc(CC)cc(C3(C)CCCCC3)c2O)c2cccc3ccccc23)c(O)c(C2(C)CCCCC2)c1. The molecule has 0 amide bonds. The van der Waals surface area contributed by atoms with Crippen molar-refractivity contribution in [3.8, 4) is 11.5 Å². The van der Waals surface area contributed by atoms with Crippen LogP contribution in [0.15, 0.2) is 66.7 Å². The molecule has 2 heteroatoms. The van der Waals surface area contributed by atoms with E-state index in [0.717, 1.165) is 66.3 Å². The van der Waals surface area contributed by atoms with Crippen LogP contribution in [-0.4, -0.2) is 10.2 Å². The number of rotatable bonds is 7. The zero-order valence-corrected chi connectivity index (χ0v) is 26.8. The van der Waals surface area contributed by atoms with Crippen molar-refractivity contribution in [2.24, 2.45) is 0 Å². The number of hydrogen-bond acceptors (Lipinski definition) is 2. The second-order valence-corrected chi connectivity index (χ2v) is 14.1. The van der Waals surface area contributed by atoms with Crippen molar-refractivity contribution in [1.82, 2.24) is 0 Å². The molecule has 2 saturated carbocycles. The van der Waals surface area contributed by atoms with Gasteiger partial charge in [-0.05, 0) is 76.8 Å². The van der Waals surface area contributed by atoms with E-state index in [0.29, 0.717) is 11.5 Å². The molecule has 2 N–H and O–H groups in total. The number of hydrogen-bond donors (Lipinski definition) is 2. The maximum Gasteiger partial charge on any atom is 0.123 e. The highest BCUT2D eigenvalue weighted by atomic mass is 16.3. The second kappa shape index (κ2) is 12.0. The largest absolute Gasteiger partial charge is 0.507 e. The van der Waals surface area contributed by atoms with Crippen LogP contribution in [0.5, 0.6) is 11.5 Å². The van der Waals surface area contributed by atoms with Gasteiger partial charge in [-0.15, -0.1) is 0 Å². The third-order valence-electron chi connectivity index (χ3n) is 11.2. The van der Waals surface area contributed by atoms with E-state index in [-0.39, 0.29) is 16.7 Å². The number of benzene rings is 4. The van der Waals surface area contributed by atoms with E-state index in [1.54, 1.807) is 0 Å². The Morgan fingerprint density at radius 3 is 1.53 bits per heavy atom. The van der Waals surface area contributed by atoms with Crippen LogP contribution in [0, 0.1) is 0 Å². The Labute approximate surface area is 259 Å². The Hall–Kier alpha value is -3.26. The molecule has 0 saturated heterocycles. The van der Waals surface area contributed by atoms with Crippen molar-refractivity contribution in [3.63, 3.8) is 0 Å². The summed E-state index contributed by atoms with van der Waals surface area (Å²) in [6, 6.07) is 24.1. The molecule has 0 unspecified atom stereocenters. The lowest BCUT2D eigenvalue weighted by Gasteiger charge is -2.37. The van der Waals surface area contributed by atoms with Crippen LogP contribution in [0.3, 0.4) is 0 Å². The van der Waals surface area contributed by atoms with Crippen molar-refractivity contribution < 1.29 is 10.2 Å². The van der Waals surface area contributed by atoms with Crippen molar-refractivity contribution >= 4 is 10.8 Å². The van der Waals surface area contributed by atoms with E-state index in [9.17, 15) is 10.2 Å². The van der Waals surface area contributed by atoms with E-state index in [1.165, 1.54) is 60.4 Å². The van der Waals surface area contributed by atoms with Gasteiger partial charge in [0.2, 0.25) is 0 Å². The minimum atomic E-state index is -0.291. The molecular formula is C41H50O2. The van der Waals surface area contributed by atoms with Gasteiger partial charge < -0.3 is 10.2 Å². The lowest BCUT2D eigenvalue weighted by atomic mass is 9.67. The van der Waals surface area contributed by atoms with Gasteiger partial charge in [0, 0.05) is 28.2 Å². The summed E-state index contributed by atoms with van der Waals surface area (Å²) in [5.41, 5.74) is 7.62. The number of phenolic OH excluding ortho intramolecular Hbond substituents is 2. The molecule has 2 aliphatic carbocycles. The molecule has 226 valence electrons. The summed E-state index contributed by atoms with van der Waals surface area (Å²) in [6.07, 6.45) is 13.6. The first-order valence-corrected chi connectivity index (χ1v) is 17.0. The van der Waals surface area contributed by atoms with Crippen LogP contribution in [-0.2, 0) is 23.7 Å². The van der Waals surface area contributed by atoms with Gasteiger partial charge in [0.05, 0.1) is 0 Å². The molecular weight excluding hydrogens is 524 g/mol. The average Bonchev–Trinajstić information content (AvgIpc) is 3.03. The molecule has 0 aliphatic heterocycles. The van der Waals surface area contributed by atoms with Gasteiger partial charge in [0.1, 0.15) is 11.5 Å². The van der Waals surface area contributed by atoms with Crippen molar-refractivity contribution in [2.75, 3.05) is 0 Å². The van der Waals surface area contributed by atoms with Crippen LogP contribution in [0.1, 0.15) is 137 Å². The molecule has 0 bridgehead atoms. The van der Waals surface area contributed by atoms with E-state index in [2.05, 4.69) is 94.4 Å². The van der Waals surface area contributed by atoms with Crippen LogP contribution in [0.25, 0.3) is 10.8 Å². The van der Waals surface area contributed by atoms with Gasteiger partial charge in [-0.25, -0.2) is 0 Å². The van der Waals surface area contributed by atoms with Gasteiger partial charge in [-0.3, -0.25) is 0 Å². The highest BCUT2D eigenvalue weighted by molar-refractivity contribution is 5.87. The molecule has 0 spiro atoms. The summed E-state index contributed by atoms with van der Waals surface area (Å²) in [7, 11) is 0. The van der Waals surface area contributed by atoms with Crippen LogP contribution >= 0.6 is 0 Å². The average molecular weight is 575 g/mol.